The minimum atomic E-state index is -0.954. The van der Waals surface area contributed by atoms with Crippen molar-refractivity contribution in [2.24, 2.45) is 0 Å². The summed E-state index contributed by atoms with van der Waals surface area (Å²) in [6, 6.07) is 106. The van der Waals surface area contributed by atoms with Crippen LogP contribution in [0.2, 0.25) is 0 Å². The van der Waals surface area contributed by atoms with Crippen LogP contribution < -0.4 is 18.3 Å². The summed E-state index contributed by atoms with van der Waals surface area (Å²) >= 11 is 21.1. The average Bonchev–Trinajstić information content (AvgIpc) is 0.807. The van der Waals surface area contributed by atoms with E-state index < -0.39 is 8.09 Å². The smallest absolute Gasteiger partial charge is 0.173 e. The molecule has 0 bridgehead atoms. The molecule has 0 aliphatic carbocycles. The molecular weight excluding hydrogens is 1910 g/mol. The lowest BCUT2D eigenvalue weighted by Gasteiger charge is -2.14. The lowest BCUT2D eigenvalue weighted by molar-refractivity contribution is -0.688. The largest absolute Gasteiger partial charge is 0.265 e. The van der Waals surface area contributed by atoms with Gasteiger partial charge in [0.2, 0.25) is 0 Å². The van der Waals surface area contributed by atoms with E-state index in [2.05, 4.69) is 435 Å². The van der Waals surface area contributed by atoms with Gasteiger partial charge in [-0.2, -0.15) is 8.09 Å². The van der Waals surface area contributed by atoms with E-state index in [9.17, 15) is 0 Å². The van der Waals surface area contributed by atoms with E-state index in [1.165, 1.54) is 100 Å². The number of pyridine rings is 8. The molecule has 17 heteroatoms. The first-order valence-electron chi connectivity index (χ1n) is 40.0. The quantitative estimate of drug-likeness (QED) is 0.0262. The molecule has 121 heavy (non-hydrogen) atoms. The van der Waals surface area contributed by atoms with E-state index in [0.29, 0.717) is 0 Å². The van der Waals surface area contributed by atoms with Gasteiger partial charge in [0.05, 0.1) is 1.28 Å². The van der Waals surface area contributed by atoms with Gasteiger partial charge >= 0.3 is 0 Å². The molecule has 0 aliphatic rings. The molecule has 0 saturated carbocycles. The Morgan fingerprint density at radius 1 is 0.207 bits per heavy atom. The molecule has 17 aromatic rings. The minimum Gasteiger partial charge on any atom is -0.265 e. The van der Waals surface area contributed by atoms with Crippen LogP contribution in [0.1, 0.15) is 55.6 Å². The molecule has 0 saturated heterocycles. The summed E-state index contributed by atoms with van der Waals surface area (Å²) in [6.45, 7) is 3.23. The highest BCUT2D eigenvalue weighted by Crippen LogP contribution is 2.40. The Morgan fingerprint density at radius 3 is 0.455 bits per heavy atom. The third kappa shape index (κ3) is 24.7. The number of hydrogen-bond acceptors (Lipinski definition) is 4. The number of hydrogen-bond donors (Lipinski definition) is 0. The predicted octanol–water partition coefficient (Wildman–Crippen LogP) is 26.6. The first-order valence-corrected chi connectivity index (χ1v) is 48.8. The third-order valence-electron chi connectivity index (χ3n) is 20.9. The van der Waals surface area contributed by atoms with Crippen LogP contribution in [0.15, 0.2) is 390 Å². The van der Waals surface area contributed by atoms with Crippen molar-refractivity contribution in [1.29, 1.82) is 1.28 Å². The van der Waals surface area contributed by atoms with Crippen molar-refractivity contribution in [3.05, 3.63) is 446 Å². The zero-order valence-electron chi connectivity index (χ0n) is 67.5. The first-order chi connectivity index (χ1) is 59.8. The molecule has 17 rings (SSSR count). The summed E-state index contributed by atoms with van der Waals surface area (Å²) < 4.78 is 15.4. The molecule has 8 aromatic heterocycles. The lowest BCUT2D eigenvalue weighted by atomic mass is 9.90. The van der Waals surface area contributed by atoms with Crippen LogP contribution in [0, 0.1) is 0 Å². The topological polar surface area (TPSA) is 67.1 Å². The fraction of sp³-hybridized carbons (Fsp3) is 0.0962. The van der Waals surface area contributed by atoms with E-state index in [-0.39, 0.29) is 0 Å². The molecule has 9 aromatic carbocycles. The second-order valence-electron chi connectivity index (χ2n) is 29.2. The van der Waals surface area contributed by atoms with Crippen LogP contribution in [0.4, 0.5) is 0 Å². The van der Waals surface area contributed by atoms with E-state index in [1.807, 2.05) is 98.1 Å². The van der Waals surface area contributed by atoms with Gasteiger partial charge < -0.3 is 0 Å². The van der Waals surface area contributed by atoms with E-state index >= 15 is 0 Å². The summed E-state index contributed by atoms with van der Waals surface area (Å²) in [6.07, 6.45) is 32.3. The molecular formula is C104H87BBr6N8P2+4. The molecule has 0 fully saturated rings. The van der Waals surface area contributed by atoms with E-state index in [0.717, 1.165) is 125 Å². The van der Waals surface area contributed by atoms with Crippen LogP contribution >= 0.6 is 113 Å². The summed E-state index contributed by atoms with van der Waals surface area (Å²) in [7, 11) is 6.02. The average molecular weight is 2000 g/mol. The molecule has 594 valence electrons. The summed E-state index contributed by atoms with van der Waals surface area (Å²) in [5.74, 6) is 0. The second kappa shape index (κ2) is 44.7. The maximum absolute atomic E-state index is 6.39. The lowest BCUT2D eigenvalue weighted by Crippen LogP contribution is -2.33. The highest BCUT2D eigenvalue weighted by molar-refractivity contribution is 9.09. The van der Waals surface area contributed by atoms with Gasteiger partial charge in [-0.3, -0.25) is 19.9 Å². The number of aromatic nitrogens is 8. The normalized spacial score (nSPS) is 11.2. The van der Waals surface area contributed by atoms with Crippen LogP contribution in [0.3, 0.4) is 0 Å². The fourth-order valence-electron chi connectivity index (χ4n) is 14.2. The second-order valence-corrected chi connectivity index (χ2v) is 33.8. The first kappa shape index (κ1) is 85.9. The van der Waals surface area contributed by atoms with Gasteiger partial charge in [0.25, 0.3) is 0 Å². The van der Waals surface area contributed by atoms with Gasteiger partial charge in [-0.25, -0.2) is 18.3 Å². The van der Waals surface area contributed by atoms with Gasteiger partial charge in [0, 0.05) is 152 Å². The maximum Gasteiger partial charge on any atom is 0.173 e. The number of halogens is 6. The van der Waals surface area contributed by atoms with Crippen LogP contribution in [-0.2, 0) is 58.2 Å². The Balaban J connectivity index is 0.000000199. The Labute approximate surface area is 767 Å². The monoisotopic (exact) mass is 2000 g/mol. The van der Waals surface area contributed by atoms with Gasteiger partial charge in [-0.15, -0.1) is 8.93 Å². The van der Waals surface area contributed by atoms with Gasteiger partial charge in [0.15, 0.2) is 75.8 Å². The number of nitrogens with zero attached hydrogens (tertiary/aromatic N) is 8. The van der Waals surface area contributed by atoms with Crippen molar-refractivity contribution < 1.29 is 18.3 Å². The molecule has 8 nitrogen and oxygen atoms in total. The molecule has 0 amide bonds. The molecule has 2 unspecified atom stereocenters. The maximum atomic E-state index is 6.39. The van der Waals surface area contributed by atoms with E-state index in [4.69, 9.17) is 8.84 Å². The Morgan fingerprint density at radius 2 is 0.322 bits per heavy atom. The Kier molecular flexibility index (Phi) is 31.7. The van der Waals surface area contributed by atoms with Crippen LogP contribution in [0.25, 0.3) is 111 Å². The van der Waals surface area contributed by atoms with Crippen LogP contribution in [-0.4, -0.2) is 28.8 Å². The number of rotatable bonds is 24. The highest BCUT2D eigenvalue weighted by Gasteiger charge is 2.18. The highest BCUT2D eigenvalue weighted by atomic mass is 79.9. The minimum absolute atomic E-state index is 0.808. The molecule has 2 radical (unpaired) electrons. The van der Waals surface area contributed by atoms with Gasteiger partial charge in [0.1, 0.15) is 7.57 Å². The zero-order valence-corrected chi connectivity index (χ0v) is 78.0. The summed E-state index contributed by atoms with van der Waals surface area (Å²) in [5, 5.41) is 5.31. The van der Waals surface area contributed by atoms with E-state index in [1.54, 1.807) is 0 Å². The molecule has 8 heterocycles. The SMILES string of the molecule is BrCc1ccc(CBr)cc1.BrCc1ccc(C[n+]2ccc(-c3cc(-c4cc[n+](Cc5ccc(CBr)cc5)cc4)cc(-c4cc(-c5cc[n+](Cc6ccc(CBr)cc6)cc5)cc(-c5cc[n+](Cc6ccc(CBr)cc6)cc5)c4)c3)cc2)cc1.[3H]P([B])P.c1cc(-c2cc(-c3ccncc3)cc(-c3cc(-c4ccncc4)cc(-c4ccncc4)c3)c2)ccn1. The molecule has 0 aliphatic heterocycles. The Hall–Kier alpha value is -10.0. The number of benzene rings is 9. The van der Waals surface area contributed by atoms with Crippen molar-refractivity contribution in [2.75, 3.05) is 0 Å². The zero-order chi connectivity index (χ0) is 84.4. The van der Waals surface area contributed by atoms with Gasteiger partial charge in [-0.1, -0.05) is 217 Å². The van der Waals surface area contributed by atoms with Crippen LogP contribution in [0.5, 0.6) is 0 Å². The summed E-state index contributed by atoms with van der Waals surface area (Å²) in [4.78, 5) is 16.8. The number of alkyl halides is 6. The standard InChI is InChI=1S/C64H54Br4N4.C32H22N4.C8H8Br2.BH3P2/c65-39-47-1-9-51(10-2-47)43-69-25-17-55(18-26-69)59-33-60(56-19-27-70(28-20-56)44-52-11-3-48(40-66)4-12-52)36-63(35-59)64-37-61(57-21-29-71(30-22-57)45-53-13-5-49(41-67)6-14-53)34-62(38-64)58-23-31-72(32-24-58)46-54-15-7-50(42-68)8-16-54;1-9-33-10-2-23(1)27-17-28(24-3-11-34-12-4-24)20-31(19-27)32-21-29(25-5-13-35-14-6-25)18-30(22-32)26-7-15-36-16-8-26;9-5-7-1-2-8(6-10)4-3-7;1-3-2/h1-38H,39-46H2;1-22H;1-4H,5-6H2;3H,2H2/q+4;;;/i;;;3T. The summed E-state index contributed by atoms with van der Waals surface area (Å²) in [5.41, 5.74) is 35.9. The van der Waals surface area contributed by atoms with Crippen molar-refractivity contribution >= 4 is 120 Å². The molecule has 0 N–H and O–H groups in total. The Bertz CT molecular complexity index is 5470. The van der Waals surface area contributed by atoms with Crippen molar-refractivity contribution in [3.63, 3.8) is 0 Å². The van der Waals surface area contributed by atoms with Crippen molar-refractivity contribution in [1.82, 2.24) is 19.9 Å². The predicted molar refractivity (Wildman–Crippen MR) is 527 cm³/mol. The van der Waals surface area contributed by atoms with Crippen molar-refractivity contribution in [2.45, 2.75) is 58.2 Å². The molecule has 0 spiro atoms. The molecule has 2 atom stereocenters. The third-order valence-corrected chi connectivity index (χ3v) is 24.7. The van der Waals surface area contributed by atoms with Gasteiger partial charge in [-0.05, 0) is 266 Å². The fourth-order valence-corrected chi connectivity index (χ4v) is 16.4. The van der Waals surface area contributed by atoms with Crippen molar-refractivity contribution in [3.8, 4) is 111 Å².